The van der Waals surface area contributed by atoms with Gasteiger partial charge in [-0.1, -0.05) is 91.0 Å². The first-order valence-corrected chi connectivity index (χ1v) is 7.79. The van der Waals surface area contributed by atoms with Gasteiger partial charge in [-0.2, -0.15) is 0 Å². The number of hydrogen-bond donors (Lipinski definition) is 0. The summed E-state index contributed by atoms with van der Waals surface area (Å²) < 4.78 is 5.08. The van der Waals surface area contributed by atoms with Gasteiger partial charge < -0.3 is 4.74 Å². The molecule has 0 saturated heterocycles. The maximum Gasteiger partial charge on any atom is 0.0646 e. The number of fused-ring (bicyclic) bond motifs is 1. The Balaban J connectivity index is 1.93. The average molecular weight is 300 g/mol. The second kappa shape index (κ2) is 7.57. The first kappa shape index (κ1) is 15.3. The van der Waals surface area contributed by atoms with Gasteiger partial charge in [0.25, 0.3) is 0 Å². The summed E-state index contributed by atoms with van der Waals surface area (Å²) in [6.45, 7) is 0.626. The Morgan fingerprint density at radius 2 is 1.30 bits per heavy atom. The largest absolute Gasteiger partial charge is 0.381 e. The molecule has 0 unspecified atom stereocenters. The Hall–Kier alpha value is -2.64. The molecule has 0 fully saturated rings. The maximum atomic E-state index is 5.08. The highest BCUT2D eigenvalue weighted by Crippen LogP contribution is 2.21. The summed E-state index contributed by atoms with van der Waals surface area (Å²) in [7, 11) is 1.71. The van der Waals surface area contributed by atoms with Crippen molar-refractivity contribution in [3.63, 3.8) is 0 Å². The van der Waals surface area contributed by atoms with E-state index >= 15 is 0 Å². The number of benzene rings is 3. The lowest BCUT2D eigenvalue weighted by molar-refractivity contribution is 0.234. The maximum absolute atomic E-state index is 5.08. The first-order chi connectivity index (χ1) is 11.4. The summed E-state index contributed by atoms with van der Waals surface area (Å²) in [5, 5.41) is 2.54. The Kier molecular flexibility index (Phi) is 5.02. The molecule has 0 aliphatic carbocycles. The van der Waals surface area contributed by atoms with Gasteiger partial charge in [0.15, 0.2) is 0 Å². The monoisotopic (exact) mass is 300 g/mol. The Morgan fingerprint density at radius 3 is 2.13 bits per heavy atom. The molecule has 0 atom stereocenters. The summed E-state index contributed by atoms with van der Waals surface area (Å²) in [5.74, 6) is 0. The third-order valence-electron chi connectivity index (χ3n) is 3.82. The fourth-order valence-corrected chi connectivity index (χ4v) is 2.66. The van der Waals surface area contributed by atoms with E-state index in [-0.39, 0.29) is 0 Å². The molecule has 114 valence electrons. The molecule has 0 heterocycles. The summed E-state index contributed by atoms with van der Waals surface area (Å²) >= 11 is 0. The minimum Gasteiger partial charge on any atom is -0.381 e. The van der Waals surface area contributed by atoms with Crippen LogP contribution < -0.4 is 0 Å². The van der Waals surface area contributed by atoms with Crippen molar-refractivity contribution in [3.05, 3.63) is 89.5 Å². The molecule has 0 saturated carbocycles. The van der Waals surface area contributed by atoms with E-state index in [0.29, 0.717) is 6.61 Å². The predicted octanol–water partition coefficient (Wildman–Crippen LogP) is 5.67. The van der Waals surface area contributed by atoms with Crippen LogP contribution in [0.3, 0.4) is 0 Å². The van der Waals surface area contributed by atoms with E-state index in [1.54, 1.807) is 7.11 Å². The molecule has 1 nitrogen and oxygen atoms in total. The van der Waals surface area contributed by atoms with Crippen LogP contribution in [0.2, 0.25) is 0 Å². The third-order valence-corrected chi connectivity index (χ3v) is 3.82. The molecule has 0 amide bonds. The molecule has 1 heteroatoms. The molecule has 3 rings (SSSR count). The van der Waals surface area contributed by atoms with Gasteiger partial charge in [0.05, 0.1) is 6.61 Å². The lowest BCUT2D eigenvalue weighted by Crippen LogP contribution is -1.83. The van der Waals surface area contributed by atoms with Crippen molar-refractivity contribution in [1.82, 2.24) is 0 Å². The molecule has 0 aliphatic heterocycles. The second-order valence-electron chi connectivity index (χ2n) is 5.39. The fraction of sp³-hybridized carbons (Fsp3) is 0.0909. The molecule has 0 spiro atoms. The van der Waals surface area contributed by atoms with E-state index in [1.165, 1.54) is 27.5 Å². The van der Waals surface area contributed by atoms with Gasteiger partial charge in [-0.3, -0.25) is 0 Å². The summed E-state index contributed by atoms with van der Waals surface area (Å²) in [6, 6.07) is 23.3. The molecule has 23 heavy (non-hydrogen) atoms. The van der Waals surface area contributed by atoms with Crippen molar-refractivity contribution in [2.24, 2.45) is 0 Å². The molecule has 0 N–H and O–H groups in total. The van der Waals surface area contributed by atoms with Crippen molar-refractivity contribution in [2.45, 2.75) is 0 Å². The van der Waals surface area contributed by atoms with Crippen LogP contribution in [-0.2, 0) is 4.74 Å². The zero-order chi connectivity index (χ0) is 15.9. The van der Waals surface area contributed by atoms with Crippen molar-refractivity contribution in [2.75, 3.05) is 13.7 Å². The van der Waals surface area contributed by atoms with E-state index in [4.69, 9.17) is 4.74 Å². The van der Waals surface area contributed by atoms with Crippen LogP contribution in [0, 0.1) is 0 Å². The van der Waals surface area contributed by atoms with E-state index in [1.807, 2.05) is 6.08 Å². The molecule has 0 radical (unpaired) electrons. The average Bonchev–Trinajstić information content (AvgIpc) is 2.61. The Morgan fingerprint density at radius 1 is 0.696 bits per heavy atom. The topological polar surface area (TPSA) is 9.23 Å². The number of ether oxygens (including phenoxy) is 1. The van der Waals surface area contributed by atoms with Gasteiger partial charge >= 0.3 is 0 Å². The molecule has 0 aromatic heterocycles. The molecular formula is C22H20O. The van der Waals surface area contributed by atoms with Crippen LogP contribution in [0.15, 0.2) is 72.8 Å². The van der Waals surface area contributed by atoms with Gasteiger partial charge in [-0.05, 0) is 27.5 Å². The smallest absolute Gasteiger partial charge is 0.0646 e. The number of hydrogen-bond acceptors (Lipinski definition) is 1. The van der Waals surface area contributed by atoms with Gasteiger partial charge in [0.1, 0.15) is 0 Å². The summed E-state index contributed by atoms with van der Waals surface area (Å²) in [4.78, 5) is 0. The van der Waals surface area contributed by atoms with Crippen LogP contribution in [0.5, 0.6) is 0 Å². The second-order valence-corrected chi connectivity index (χ2v) is 5.39. The van der Waals surface area contributed by atoms with Crippen molar-refractivity contribution < 1.29 is 4.74 Å². The summed E-state index contributed by atoms with van der Waals surface area (Å²) in [5.41, 5.74) is 3.63. The number of rotatable bonds is 5. The van der Waals surface area contributed by atoms with Crippen LogP contribution in [-0.4, -0.2) is 13.7 Å². The fourth-order valence-electron chi connectivity index (χ4n) is 2.66. The van der Waals surface area contributed by atoms with Crippen molar-refractivity contribution in [1.29, 1.82) is 0 Å². The lowest BCUT2D eigenvalue weighted by Gasteiger charge is -2.03. The lowest BCUT2D eigenvalue weighted by atomic mass is 10.0. The zero-order valence-electron chi connectivity index (χ0n) is 13.3. The SMILES string of the molecule is COC/C=C/c1ccccc1/C=C/c1cccc2ccccc12. The standard InChI is InChI=1S/C22H20O/c1-23-17-7-13-18-8-2-3-9-19(18)15-16-21-12-6-11-20-10-4-5-14-22(20)21/h2-16H,17H2,1H3/b13-7+,16-15+. The van der Waals surface area contributed by atoms with Crippen LogP contribution in [0.1, 0.15) is 16.7 Å². The normalized spacial score (nSPS) is 11.7. The minimum atomic E-state index is 0.626. The van der Waals surface area contributed by atoms with E-state index < -0.39 is 0 Å². The van der Waals surface area contributed by atoms with Gasteiger partial charge in [-0.15, -0.1) is 0 Å². The zero-order valence-corrected chi connectivity index (χ0v) is 13.3. The highest BCUT2D eigenvalue weighted by molar-refractivity contribution is 5.93. The highest BCUT2D eigenvalue weighted by Gasteiger charge is 1.98. The van der Waals surface area contributed by atoms with Crippen molar-refractivity contribution in [3.8, 4) is 0 Å². The first-order valence-electron chi connectivity index (χ1n) is 7.79. The molecule has 3 aromatic carbocycles. The van der Waals surface area contributed by atoms with Crippen LogP contribution in [0.25, 0.3) is 29.0 Å². The van der Waals surface area contributed by atoms with E-state index in [0.717, 1.165) is 0 Å². The van der Waals surface area contributed by atoms with E-state index in [2.05, 4.69) is 85.0 Å². The molecule has 0 aliphatic rings. The van der Waals surface area contributed by atoms with Crippen LogP contribution in [0.4, 0.5) is 0 Å². The number of methoxy groups -OCH3 is 1. The summed E-state index contributed by atoms with van der Waals surface area (Å²) in [6.07, 6.45) is 8.50. The Labute approximate surface area is 137 Å². The predicted molar refractivity (Wildman–Crippen MR) is 100 cm³/mol. The molecular weight excluding hydrogens is 280 g/mol. The van der Waals surface area contributed by atoms with Gasteiger partial charge in [0, 0.05) is 7.11 Å². The van der Waals surface area contributed by atoms with Gasteiger partial charge in [-0.25, -0.2) is 0 Å². The highest BCUT2D eigenvalue weighted by atomic mass is 16.5. The van der Waals surface area contributed by atoms with Crippen molar-refractivity contribution >= 4 is 29.0 Å². The quantitative estimate of drug-likeness (QED) is 0.552. The van der Waals surface area contributed by atoms with Gasteiger partial charge in [0.2, 0.25) is 0 Å². The third kappa shape index (κ3) is 3.77. The Bertz CT molecular complexity index is 838. The van der Waals surface area contributed by atoms with Crippen LogP contribution >= 0.6 is 0 Å². The minimum absolute atomic E-state index is 0.626. The molecule has 3 aromatic rings. The molecule has 0 bridgehead atoms. The van der Waals surface area contributed by atoms with E-state index in [9.17, 15) is 0 Å².